The number of hydrogen-bond acceptors (Lipinski definition) is 5. The molecule has 1 amide bonds. The molecule has 0 spiro atoms. The van der Waals surface area contributed by atoms with Gasteiger partial charge in [-0.2, -0.15) is 0 Å². The van der Waals surface area contributed by atoms with E-state index < -0.39 is 30.4 Å². The number of carboxylic acids is 1. The number of amides is 1. The molecule has 0 aromatic heterocycles. The number of esters is 1. The van der Waals surface area contributed by atoms with Gasteiger partial charge in [0.15, 0.2) is 0 Å². The average molecular weight is 386 g/mol. The van der Waals surface area contributed by atoms with Gasteiger partial charge in [0.25, 0.3) is 0 Å². The second-order valence-electron chi connectivity index (χ2n) is 5.66. The van der Waals surface area contributed by atoms with E-state index in [-0.39, 0.29) is 19.3 Å². The van der Waals surface area contributed by atoms with Crippen molar-refractivity contribution in [3.63, 3.8) is 0 Å². The summed E-state index contributed by atoms with van der Waals surface area (Å²) in [6, 6.07) is 6.14. The molecule has 2 N–H and O–H groups in total. The van der Waals surface area contributed by atoms with Gasteiger partial charge < -0.3 is 19.9 Å². The summed E-state index contributed by atoms with van der Waals surface area (Å²) in [5, 5.41) is 12.0. The molecule has 1 rings (SSSR count). The summed E-state index contributed by atoms with van der Waals surface area (Å²) in [7, 11) is 0. The summed E-state index contributed by atoms with van der Waals surface area (Å²) in [6.45, 7) is 3.56. The van der Waals surface area contributed by atoms with E-state index in [0.717, 1.165) is 0 Å². The summed E-state index contributed by atoms with van der Waals surface area (Å²) < 4.78 is 10.2. The quantitative estimate of drug-likeness (QED) is 0.465. The van der Waals surface area contributed by atoms with E-state index in [2.05, 4.69) is 5.32 Å². The minimum absolute atomic E-state index is 0.129. The van der Waals surface area contributed by atoms with Gasteiger partial charge >= 0.3 is 18.0 Å². The van der Waals surface area contributed by atoms with Crippen LogP contribution in [0.3, 0.4) is 0 Å². The third kappa shape index (κ3) is 8.20. The van der Waals surface area contributed by atoms with Crippen LogP contribution in [0.1, 0.15) is 57.6 Å². The zero-order valence-electron chi connectivity index (χ0n) is 14.9. The molecule has 8 heteroatoms. The van der Waals surface area contributed by atoms with Gasteiger partial charge in [-0.25, -0.2) is 4.79 Å². The molecular weight excluding hydrogens is 362 g/mol. The van der Waals surface area contributed by atoms with Gasteiger partial charge in [0.05, 0.1) is 6.04 Å². The van der Waals surface area contributed by atoms with Crippen LogP contribution in [0.4, 0.5) is 4.79 Å². The summed E-state index contributed by atoms with van der Waals surface area (Å²) in [5.41, 5.74) is 0.698. The monoisotopic (exact) mass is 385 g/mol. The first-order valence-corrected chi connectivity index (χ1v) is 8.87. The van der Waals surface area contributed by atoms with Crippen molar-refractivity contribution in [1.82, 2.24) is 5.32 Å². The number of benzene rings is 1. The van der Waals surface area contributed by atoms with Crippen molar-refractivity contribution in [3.05, 3.63) is 34.9 Å². The van der Waals surface area contributed by atoms with Gasteiger partial charge in [0.2, 0.25) is 6.29 Å². The molecule has 1 aromatic rings. The maximum atomic E-state index is 12.1. The first kappa shape index (κ1) is 21.8. The lowest BCUT2D eigenvalue weighted by molar-refractivity contribution is -0.168. The molecule has 0 fully saturated rings. The smallest absolute Gasteiger partial charge is 0.410 e. The van der Waals surface area contributed by atoms with Crippen LogP contribution in [0, 0.1) is 0 Å². The molecule has 0 saturated heterocycles. The Balaban J connectivity index is 2.72. The first-order valence-electron chi connectivity index (χ1n) is 8.49. The molecule has 0 saturated carbocycles. The number of ether oxygens (including phenoxy) is 2. The second kappa shape index (κ2) is 11.4. The molecule has 0 bridgehead atoms. The Morgan fingerprint density at radius 1 is 1.12 bits per heavy atom. The van der Waals surface area contributed by atoms with Gasteiger partial charge in [-0.3, -0.25) is 9.59 Å². The third-order valence-electron chi connectivity index (χ3n) is 3.50. The molecule has 0 radical (unpaired) electrons. The number of hydrogen-bond donors (Lipinski definition) is 2. The van der Waals surface area contributed by atoms with Gasteiger partial charge in [0.1, 0.15) is 0 Å². The van der Waals surface area contributed by atoms with Crippen molar-refractivity contribution in [1.29, 1.82) is 0 Å². The van der Waals surface area contributed by atoms with Crippen LogP contribution in [0.5, 0.6) is 0 Å². The number of alkyl carbamates (subject to hydrolysis) is 1. The molecular formula is C18H24ClNO6. The van der Waals surface area contributed by atoms with Crippen molar-refractivity contribution < 1.29 is 29.0 Å². The molecule has 7 nitrogen and oxygen atoms in total. The number of rotatable bonds is 10. The highest BCUT2D eigenvalue weighted by Crippen LogP contribution is 2.21. The van der Waals surface area contributed by atoms with Crippen LogP contribution in [0.25, 0.3) is 0 Å². The fraction of sp³-hybridized carbons (Fsp3) is 0.500. The molecule has 0 heterocycles. The highest BCUT2D eigenvalue weighted by Gasteiger charge is 2.21. The Kier molecular flexibility index (Phi) is 9.51. The molecule has 1 aromatic carbocycles. The summed E-state index contributed by atoms with van der Waals surface area (Å²) in [5.74, 6) is -1.41. The number of carboxylic acid groups (broad SMARTS) is 1. The Bertz CT molecular complexity index is 604. The standard InChI is InChI=1S/C18H24ClNO6/c1-3-5-16(23)25-17(4-2)26-18(24)20-14(10-11-15(21)22)12-6-8-13(19)9-7-12/h6-9,14,17H,3-5,10-11H2,1-2H3,(H,20,24)(H,21,22). The van der Waals surface area contributed by atoms with E-state index in [4.69, 9.17) is 26.2 Å². The third-order valence-corrected chi connectivity index (χ3v) is 3.75. The zero-order chi connectivity index (χ0) is 19.5. The van der Waals surface area contributed by atoms with Crippen molar-refractivity contribution >= 4 is 29.6 Å². The predicted molar refractivity (Wildman–Crippen MR) is 95.8 cm³/mol. The molecule has 0 aliphatic rings. The van der Waals surface area contributed by atoms with E-state index in [1.165, 1.54) is 0 Å². The molecule has 0 aliphatic heterocycles. The fourth-order valence-electron chi connectivity index (χ4n) is 2.18. The largest absolute Gasteiger partial charge is 0.481 e. The number of aliphatic carboxylic acids is 1. The Morgan fingerprint density at radius 2 is 1.77 bits per heavy atom. The van der Waals surface area contributed by atoms with E-state index in [1.807, 2.05) is 6.92 Å². The van der Waals surface area contributed by atoms with Crippen molar-refractivity contribution in [2.24, 2.45) is 0 Å². The van der Waals surface area contributed by atoms with Crippen LogP contribution in [-0.4, -0.2) is 29.4 Å². The number of carbonyl (C=O) groups is 3. The highest BCUT2D eigenvalue weighted by molar-refractivity contribution is 6.30. The summed E-state index contributed by atoms with van der Waals surface area (Å²) in [4.78, 5) is 34.5. The lowest BCUT2D eigenvalue weighted by atomic mass is 10.0. The van der Waals surface area contributed by atoms with Crippen LogP contribution < -0.4 is 5.32 Å². The van der Waals surface area contributed by atoms with E-state index in [9.17, 15) is 14.4 Å². The lowest BCUT2D eigenvalue weighted by Crippen LogP contribution is -2.34. The Labute approximate surface area is 157 Å². The topological polar surface area (TPSA) is 102 Å². The van der Waals surface area contributed by atoms with Crippen molar-refractivity contribution in [3.8, 4) is 0 Å². The SMILES string of the molecule is CCCC(=O)OC(CC)OC(=O)NC(CCC(=O)O)c1ccc(Cl)cc1. The second-order valence-corrected chi connectivity index (χ2v) is 6.10. The Morgan fingerprint density at radius 3 is 2.31 bits per heavy atom. The van der Waals surface area contributed by atoms with Crippen molar-refractivity contribution in [2.45, 2.75) is 58.3 Å². The molecule has 0 aliphatic carbocycles. The van der Waals surface area contributed by atoms with Gasteiger partial charge in [0, 0.05) is 24.3 Å². The number of halogens is 1. The van der Waals surface area contributed by atoms with E-state index in [1.54, 1.807) is 31.2 Å². The van der Waals surface area contributed by atoms with E-state index in [0.29, 0.717) is 23.4 Å². The van der Waals surface area contributed by atoms with Crippen LogP contribution in [0.15, 0.2) is 24.3 Å². The molecule has 2 atom stereocenters. The normalized spacial score (nSPS) is 12.7. The van der Waals surface area contributed by atoms with Crippen LogP contribution in [-0.2, 0) is 19.1 Å². The average Bonchev–Trinajstić information content (AvgIpc) is 2.58. The predicted octanol–water partition coefficient (Wildman–Crippen LogP) is 4.05. The van der Waals surface area contributed by atoms with Crippen molar-refractivity contribution in [2.75, 3.05) is 0 Å². The van der Waals surface area contributed by atoms with Gasteiger partial charge in [-0.1, -0.05) is 37.6 Å². The van der Waals surface area contributed by atoms with E-state index >= 15 is 0 Å². The highest BCUT2D eigenvalue weighted by atomic mass is 35.5. The fourth-order valence-corrected chi connectivity index (χ4v) is 2.31. The zero-order valence-corrected chi connectivity index (χ0v) is 15.6. The van der Waals surface area contributed by atoms with Gasteiger partial charge in [-0.15, -0.1) is 0 Å². The minimum Gasteiger partial charge on any atom is -0.481 e. The van der Waals surface area contributed by atoms with Gasteiger partial charge in [-0.05, 0) is 30.5 Å². The lowest BCUT2D eigenvalue weighted by Gasteiger charge is -2.21. The molecule has 26 heavy (non-hydrogen) atoms. The maximum absolute atomic E-state index is 12.1. The molecule has 144 valence electrons. The van der Waals surface area contributed by atoms with Crippen LogP contribution in [0.2, 0.25) is 5.02 Å². The Hall–Kier alpha value is -2.28. The number of nitrogens with one attached hydrogen (secondary N) is 1. The van der Waals surface area contributed by atoms with Crippen LogP contribution >= 0.6 is 11.6 Å². The summed E-state index contributed by atoms with van der Waals surface area (Å²) >= 11 is 5.86. The number of carbonyl (C=O) groups excluding carboxylic acids is 2. The maximum Gasteiger partial charge on any atom is 0.410 e. The minimum atomic E-state index is -0.987. The molecule has 2 unspecified atom stereocenters. The first-order chi connectivity index (χ1) is 12.3. The summed E-state index contributed by atoms with van der Waals surface area (Å²) in [6.07, 6.45) is -0.535.